The van der Waals surface area contributed by atoms with Gasteiger partial charge in [0.2, 0.25) is 0 Å². The van der Waals surface area contributed by atoms with Gasteiger partial charge in [-0.25, -0.2) is 0 Å². The summed E-state index contributed by atoms with van der Waals surface area (Å²) in [5.74, 6) is 0.857. The lowest BCUT2D eigenvalue weighted by atomic mass is 10.0. The highest BCUT2D eigenvalue weighted by Gasteiger charge is 1.99. The van der Waals surface area contributed by atoms with Crippen molar-refractivity contribution >= 4 is 0 Å². The Morgan fingerprint density at radius 3 is 1.62 bits per heavy atom. The van der Waals surface area contributed by atoms with Crippen LogP contribution in [0.5, 0.6) is 0 Å². The van der Waals surface area contributed by atoms with Crippen LogP contribution in [0.25, 0.3) is 0 Å². The zero-order chi connectivity index (χ0) is 17.8. The molecule has 0 heterocycles. The zero-order valence-corrected chi connectivity index (χ0v) is 15.8. The summed E-state index contributed by atoms with van der Waals surface area (Å²) in [6.07, 6.45) is 5.50. The van der Waals surface area contributed by atoms with Gasteiger partial charge in [-0.3, -0.25) is 0 Å². The molecule has 0 amide bonds. The van der Waals surface area contributed by atoms with Gasteiger partial charge in [0.15, 0.2) is 0 Å². The molecule has 0 aliphatic carbocycles. The first-order chi connectivity index (χ1) is 9.76. The Hall–Kier alpha value is -0.860. The third kappa shape index (κ3) is 38.2. The Balaban J connectivity index is -0.000000107. The van der Waals surface area contributed by atoms with Crippen molar-refractivity contribution < 1.29 is 0 Å². The smallest absolute Gasteiger partial charge is 0.0136 e. The van der Waals surface area contributed by atoms with Crippen molar-refractivity contribution in [2.24, 2.45) is 17.4 Å². The largest absolute Gasteiger partial charge is 0.328 e. The van der Waals surface area contributed by atoms with Crippen LogP contribution in [-0.4, -0.2) is 12.6 Å². The van der Waals surface area contributed by atoms with Crippen molar-refractivity contribution in [3.05, 3.63) is 37.0 Å². The van der Waals surface area contributed by atoms with E-state index in [0.717, 1.165) is 5.92 Å². The Bertz CT molecular complexity index is 226. The van der Waals surface area contributed by atoms with E-state index in [9.17, 15) is 0 Å². The molecule has 0 fully saturated rings. The maximum atomic E-state index is 5.60. The highest BCUT2D eigenvalue weighted by Crippen LogP contribution is 2.09. The number of rotatable bonds is 5. The first-order valence-corrected chi connectivity index (χ1v) is 7.92. The molecule has 0 aromatic heterocycles. The highest BCUT2D eigenvalue weighted by molar-refractivity contribution is 5.07. The summed E-state index contributed by atoms with van der Waals surface area (Å²) in [4.78, 5) is 0. The van der Waals surface area contributed by atoms with E-state index < -0.39 is 0 Å². The lowest BCUT2D eigenvalue weighted by molar-refractivity contribution is 0.469. The number of hydrogen-bond donors (Lipinski definition) is 2. The number of nitrogens with two attached hydrogens (primary N) is 2. The maximum absolute atomic E-state index is 5.60. The molecular formula is C19H42N2. The van der Waals surface area contributed by atoms with Crippen molar-refractivity contribution in [2.75, 3.05) is 6.54 Å². The molecule has 0 saturated carbocycles. The summed E-state index contributed by atoms with van der Waals surface area (Å²) in [6, 6.07) is 0.388. The third-order valence-corrected chi connectivity index (χ3v) is 2.97. The van der Waals surface area contributed by atoms with Crippen molar-refractivity contribution in [3.63, 3.8) is 0 Å². The molecule has 21 heavy (non-hydrogen) atoms. The fourth-order valence-electron chi connectivity index (χ4n) is 0.956. The van der Waals surface area contributed by atoms with E-state index in [1.807, 2.05) is 6.92 Å². The predicted octanol–water partition coefficient (Wildman–Crippen LogP) is 5.46. The number of hydrogen-bond acceptors (Lipinski definition) is 2. The minimum Gasteiger partial charge on any atom is -0.328 e. The van der Waals surface area contributed by atoms with Crippen molar-refractivity contribution in [2.45, 2.75) is 73.8 Å². The van der Waals surface area contributed by atoms with Crippen LogP contribution in [0.2, 0.25) is 0 Å². The average molecular weight is 299 g/mol. The number of allylic oxidation sites excluding steroid dienone is 2. The quantitative estimate of drug-likeness (QED) is 0.662. The molecule has 2 nitrogen and oxygen atoms in total. The van der Waals surface area contributed by atoms with Crippen LogP contribution >= 0.6 is 0 Å². The monoisotopic (exact) mass is 298 g/mol. The third-order valence-electron chi connectivity index (χ3n) is 2.97. The van der Waals surface area contributed by atoms with E-state index in [0.29, 0.717) is 12.6 Å². The van der Waals surface area contributed by atoms with Gasteiger partial charge in [0.25, 0.3) is 0 Å². The van der Waals surface area contributed by atoms with E-state index >= 15 is 0 Å². The van der Waals surface area contributed by atoms with Crippen LogP contribution in [0.3, 0.4) is 0 Å². The van der Waals surface area contributed by atoms with Gasteiger partial charge in [-0.1, -0.05) is 37.5 Å². The van der Waals surface area contributed by atoms with Crippen molar-refractivity contribution in [3.8, 4) is 0 Å². The van der Waals surface area contributed by atoms with Crippen molar-refractivity contribution in [1.29, 1.82) is 0 Å². The molecule has 2 unspecified atom stereocenters. The predicted molar refractivity (Wildman–Crippen MR) is 103 cm³/mol. The molecule has 0 aliphatic rings. The molecule has 128 valence electrons. The molecule has 2 heteroatoms. The van der Waals surface area contributed by atoms with E-state index in [4.69, 9.17) is 11.5 Å². The van der Waals surface area contributed by atoms with Crippen LogP contribution < -0.4 is 11.5 Å². The molecule has 4 N–H and O–H groups in total. The van der Waals surface area contributed by atoms with E-state index in [1.54, 1.807) is 6.08 Å². The van der Waals surface area contributed by atoms with Crippen LogP contribution in [0.1, 0.15) is 67.7 Å². The van der Waals surface area contributed by atoms with Crippen LogP contribution in [0.15, 0.2) is 37.0 Å². The minimum atomic E-state index is 0.388. The first kappa shape index (κ1) is 28.3. The SMILES string of the molecule is C=C.C=CC.CC(C)=C(C)CN.CCC(C)CCC(C)N. The Kier molecular flexibility index (Phi) is 32.6. The van der Waals surface area contributed by atoms with Gasteiger partial charge in [-0.05, 0) is 53.4 Å². The molecule has 0 radical (unpaired) electrons. The van der Waals surface area contributed by atoms with Crippen molar-refractivity contribution in [1.82, 2.24) is 0 Å². The molecule has 0 saturated heterocycles. The molecule has 0 aromatic carbocycles. The molecule has 0 spiro atoms. The highest BCUT2D eigenvalue weighted by atomic mass is 14.6. The second-order valence-electron chi connectivity index (χ2n) is 5.46. The molecule has 0 aliphatic heterocycles. The molecule has 0 bridgehead atoms. The first-order valence-electron chi connectivity index (χ1n) is 7.92. The fraction of sp³-hybridized carbons (Fsp3) is 0.684. The summed E-state index contributed by atoms with van der Waals surface area (Å²) in [5.41, 5.74) is 13.5. The average Bonchev–Trinajstić information content (AvgIpc) is 2.47. The second kappa shape index (κ2) is 24.2. The van der Waals surface area contributed by atoms with E-state index in [-0.39, 0.29) is 0 Å². The Labute approximate surface area is 135 Å². The summed E-state index contributed by atoms with van der Waals surface area (Å²) >= 11 is 0. The molecule has 0 rings (SSSR count). The normalized spacial score (nSPS) is 11.1. The second-order valence-corrected chi connectivity index (χ2v) is 5.46. The van der Waals surface area contributed by atoms with Gasteiger partial charge in [0, 0.05) is 12.6 Å². The van der Waals surface area contributed by atoms with Crippen LogP contribution in [0, 0.1) is 5.92 Å². The van der Waals surface area contributed by atoms with Crippen LogP contribution in [0.4, 0.5) is 0 Å². The summed E-state index contributed by atoms with van der Waals surface area (Å²) in [5, 5.41) is 0. The standard InChI is InChI=1S/C8H19N.C6H13N.C3H6.C2H4/c1-4-7(2)5-6-8(3)9;1-5(2)6(3)4-7;1-3-2;1-2/h7-8H,4-6,9H2,1-3H3;4,7H2,1-3H3;3H,1H2,2H3;1-2H2. The van der Waals surface area contributed by atoms with E-state index in [2.05, 4.69) is 61.3 Å². The zero-order valence-electron chi connectivity index (χ0n) is 15.8. The topological polar surface area (TPSA) is 52.0 Å². The van der Waals surface area contributed by atoms with Gasteiger partial charge in [-0.2, -0.15) is 0 Å². The lowest BCUT2D eigenvalue weighted by Gasteiger charge is -2.09. The Morgan fingerprint density at radius 1 is 1.10 bits per heavy atom. The van der Waals surface area contributed by atoms with Gasteiger partial charge < -0.3 is 11.5 Å². The van der Waals surface area contributed by atoms with E-state index in [1.165, 1.54) is 30.4 Å². The maximum Gasteiger partial charge on any atom is 0.0136 e. The molecule has 2 atom stereocenters. The van der Waals surface area contributed by atoms with Crippen LogP contribution in [-0.2, 0) is 0 Å². The minimum absolute atomic E-state index is 0.388. The van der Waals surface area contributed by atoms with Gasteiger partial charge in [0.1, 0.15) is 0 Å². The Morgan fingerprint density at radius 2 is 1.48 bits per heavy atom. The summed E-state index contributed by atoms with van der Waals surface area (Å²) in [6.45, 7) is 24.7. The molecule has 0 aromatic rings. The summed E-state index contributed by atoms with van der Waals surface area (Å²) < 4.78 is 0. The molecular weight excluding hydrogens is 256 g/mol. The van der Waals surface area contributed by atoms with Gasteiger partial charge in [0.05, 0.1) is 0 Å². The van der Waals surface area contributed by atoms with Gasteiger partial charge >= 0.3 is 0 Å². The summed E-state index contributed by atoms with van der Waals surface area (Å²) in [7, 11) is 0. The lowest BCUT2D eigenvalue weighted by Crippen LogP contribution is -2.15. The fourth-order valence-corrected chi connectivity index (χ4v) is 0.956. The van der Waals surface area contributed by atoms with Gasteiger partial charge in [-0.15, -0.1) is 19.7 Å².